The van der Waals surface area contributed by atoms with Crippen molar-refractivity contribution in [1.29, 1.82) is 0 Å². The molecule has 2 N–H and O–H groups in total. The van der Waals surface area contributed by atoms with Crippen LogP contribution in [0.25, 0.3) is 0 Å². The molecule has 5 heteroatoms. The van der Waals surface area contributed by atoms with Gasteiger partial charge < -0.3 is 10.6 Å². The first-order valence-electron chi connectivity index (χ1n) is 5.95. The van der Waals surface area contributed by atoms with Gasteiger partial charge in [-0.05, 0) is 31.0 Å². The Morgan fingerprint density at radius 3 is 2.94 bits per heavy atom. The molecule has 0 radical (unpaired) electrons. The number of carbonyl (C=O) groups excluding carboxylic acids is 1. The Bertz CT molecular complexity index is 385. The van der Waals surface area contributed by atoms with Crippen LogP contribution in [-0.2, 0) is 4.79 Å². The van der Waals surface area contributed by atoms with Crippen LogP contribution in [0.5, 0.6) is 0 Å². The molecule has 1 atom stereocenters. The molecule has 1 aliphatic heterocycles. The number of hydrogen-bond acceptors (Lipinski definition) is 4. The zero-order valence-corrected chi connectivity index (χ0v) is 10.2. The van der Waals surface area contributed by atoms with Gasteiger partial charge in [-0.2, -0.15) is 5.10 Å². The summed E-state index contributed by atoms with van der Waals surface area (Å²) in [5.74, 6) is 0.858. The maximum Gasteiger partial charge on any atom is 0.233 e. The lowest BCUT2D eigenvalue weighted by molar-refractivity contribution is -0.126. The Morgan fingerprint density at radius 2 is 2.41 bits per heavy atom. The van der Waals surface area contributed by atoms with Crippen molar-refractivity contribution >= 4 is 11.7 Å². The summed E-state index contributed by atoms with van der Waals surface area (Å²) in [6.45, 7) is 5.80. The standard InChI is InChI=1S/C12H18N4O/c1-9(2)12(5-7-13-8-12)11(17)15-10-4-3-6-14-16-10/h3-4,6,9,13H,5,7-8H2,1-2H3,(H,15,16,17). The molecule has 1 amide bonds. The Morgan fingerprint density at radius 1 is 1.59 bits per heavy atom. The van der Waals surface area contributed by atoms with Crippen molar-refractivity contribution in [1.82, 2.24) is 15.5 Å². The Hall–Kier alpha value is -1.49. The number of carbonyl (C=O) groups is 1. The highest BCUT2D eigenvalue weighted by atomic mass is 16.2. The van der Waals surface area contributed by atoms with Gasteiger partial charge in [0.05, 0.1) is 5.41 Å². The Labute approximate surface area is 101 Å². The van der Waals surface area contributed by atoms with Gasteiger partial charge in [0.1, 0.15) is 0 Å². The summed E-state index contributed by atoms with van der Waals surface area (Å²) in [6.07, 6.45) is 2.46. The molecule has 1 aliphatic rings. The van der Waals surface area contributed by atoms with Crippen LogP contribution in [0.3, 0.4) is 0 Å². The van der Waals surface area contributed by atoms with Gasteiger partial charge in [-0.15, -0.1) is 5.10 Å². The highest BCUT2D eigenvalue weighted by molar-refractivity contribution is 5.95. The quantitative estimate of drug-likeness (QED) is 0.820. The van der Waals surface area contributed by atoms with E-state index in [9.17, 15) is 4.79 Å². The molecule has 0 bridgehead atoms. The monoisotopic (exact) mass is 234 g/mol. The third kappa shape index (κ3) is 2.29. The lowest BCUT2D eigenvalue weighted by Crippen LogP contribution is -2.42. The Kier molecular flexibility index (Phi) is 3.38. The van der Waals surface area contributed by atoms with Crippen molar-refractivity contribution in [2.45, 2.75) is 20.3 Å². The zero-order chi connectivity index (χ0) is 12.3. The summed E-state index contributed by atoms with van der Waals surface area (Å²) in [5.41, 5.74) is -0.322. The maximum absolute atomic E-state index is 12.4. The van der Waals surface area contributed by atoms with Crippen LogP contribution in [0.4, 0.5) is 5.82 Å². The van der Waals surface area contributed by atoms with Gasteiger partial charge in [-0.3, -0.25) is 4.79 Å². The summed E-state index contributed by atoms with van der Waals surface area (Å²) in [6, 6.07) is 3.51. The second-order valence-electron chi connectivity index (χ2n) is 4.80. The third-order valence-electron chi connectivity index (χ3n) is 3.56. The molecule has 0 spiro atoms. The molecule has 0 aromatic carbocycles. The molecule has 1 saturated heterocycles. The molecule has 1 fully saturated rings. The van der Waals surface area contributed by atoms with E-state index >= 15 is 0 Å². The molecule has 17 heavy (non-hydrogen) atoms. The molecular formula is C12H18N4O. The van der Waals surface area contributed by atoms with E-state index in [1.165, 1.54) is 0 Å². The van der Waals surface area contributed by atoms with E-state index in [1.807, 2.05) is 0 Å². The number of amides is 1. The number of anilines is 1. The van der Waals surface area contributed by atoms with E-state index in [2.05, 4.69) is 34.7 Å². The smallest absolute Gasteiger partial charge is 0.233 e. The summed E-state index contributed by atoms with van der Waals surface area (Å²) in [5, 5.41) is 13.7. The van der Waals surface area contributed by atoms with Crippen molar-refractivity contribution in [3.63, 3.8) is 0 Å². The van der Waals surface area contributed by atoms with Gasteiger partial charge in [-0.1, -0.05) is 13.8 Å². The van der Waals surface area contributed by atoms with Gasteiger partial charge in [0.15, 0.2) is 5.82 Å². The molecule has 0 aliphatic carbocycles. The maximum atomic E-state index is 12.4. The van der Waals surface area contributed by atoms with Crippen LogP contribution in [0, 0.1) is 11.3 Å². The van der Waals surface area contributed by atoms with Crippen LogP contribution in [-0.4, -0.2) is 29.2 Å². The molecule has 1 aromatic heterocycles. The third-order valence-corrected chi connectivity index (χ3v) is 3.56. The van der Waals surface area contributed by atoms with Crippen molar-refractivity contribution in [3.8, 4) is 0 Å². The topological polar surface area (TPSA) is 66.9 Å². The lowest BCUT2D eigenvalue weighted by atomic mass is 9.75. The number of nitrogens with one attached hydrogen (secondary N) is 2. The molecule has 0 saturated carbocycles. The average Bonchev–Trinajstić information content (AvgIpc) is 2.80. The van der Waals surface area contributed by atoms with Crippen LogP contribution in [0.15, 0.2) is 18.3 Å². The van der Waals surface area contributed by atoms with Crippen molar-refractivity contribution < 1.29 is 4.79 Å². The predicted octanol–water partition coefficient (Wildman–Crippen LogP) is 1.05. The molecule has 1 unspecified atom stereocenters. The Balaban J connectivity index is 2.13. The van der Waals surface area contributed by atoms with Gasteiger partial charge in [-0.25, -0.2) is 0 Å². The zero-order valence-electron chi connectivity index (χ0n) is 10.2. The first kappa shape index (κ1) is 12.0. The summed E-state index contributed by atoms with van der Waals surface area (Å²) < 4.78 is 0. The minimum Gasteiger partial charge on any atom is -0.316 e. The van der Waals surface area contributed by atoms with E-state index in [0.29, 0.717) is 11.7 Å². The minimum atomic E-state index is -0.322. The van der Waals surface area contributed by atoms with E-state index in [-0.39, 0.29) is 11.3 Å². The summed E-state index contributed by atoms with van der Waals surface area (Å²) in [4.78, 5) is 12.4. The fourth-order valence-corrected chi connectivity index (χ4v) is 2.27. The number of hydrogen-bond donors (Lipinski definition) is 2. The predicted molar refractivity (Wildman–Crippen MR) is 65.4 cm³/mol. The average molecular weight is 234 g/mol. The number of aromatic nitrogens is 2. The van der Waals surface area contributed by atoms with E-state index in [4.69, 9.17) is 0 Å². The van der Waals surface area contributed by atoms with Crippen molar-refractivity contribution in [3.05, 3.63) is 18.3 Å². The van der Waals surface area contributed by atoms with Crippen LogP contribution < -0.4 is 10.6 Å². The fourth-order valence-electron chi connectivity index (χ4n) is 2.27. The first-order valence-corrected chi connectivity index (χ1v) is 5.95. The van der Waals surface area contributed by atoms with Crippen LogP contribution in [0.1, 0.15) is 20.3 Å². The van der Waals surface area contributed by atoms with E-state index in [0.717, 1.165) is 19.5 Å². The normalized spacial score (nSPS) is 23.9. The highest BCUT2D eigenvalue weighted by Crippen LogP contribution is 2.35. The summed E-state index contributed by atoms with van der Waals surface area (Å²) in [7, 11) is 0. The molecule has 2 rings (SSSR count). The lowest BCUT2D eigenvalue weighted by Gasteiger charge is -2.30. The van der Waals surface area contributed by atoms with Gasteiger partial charge in [0, 0.05) is 12.7 Å². The van der Waals surface area contributed by atoms with Crippen molar-refractivity contribution in [2.75, 3.05) is 18.4 Å². The van der Waals surface area contributed by atoms with Gasteiger partial charge >= 0.3 is 0 Å². The van der Waals surface area contributed by atoms with Crippen LogP contribution >= 0.6 is 0 Å². The van der Waals surface area contributed by atoms with Gasteiger partial charge in [0.2, 0.25) is 5.91 Å². The number of rotatable bonds is 3. The fraction of sp³-hybridized carbons (Fsp3) is 0.583. The van der Waals surface area contributed by atoms with E-state index < -0.39 is 0 Å². The molecular weight excluding hydrogens is 216 g/mol. The molecule has 1 aromatic rings. The molecule has 5 nitrogen and oxygen atoms in total. The second kappa shape index (κ2) is 4.79. The van der Waals surface area contributed by atoms with Crippen molar-refractivity contribution in [2.24, 2.45) is 11.3 Å². The molecule has 92 valence electrons. The number of nitrogens with zero attached hydrogens (tertiary/aromatic N) is 2. The van der Waals surface area contributed by atoms with E-state index in [1.54, 1.807) is 18.3 Å². The van der Waals surface area contributed by atoms with Gasteiger partial charge in [0.25, 0.3) is 0 Å². The largest absolute Gasteiger partial charge is 0.316 e. The second-order valence-corrected chi connectivity index (χ2v) is 4.80. The highest BCUT2D eigenvalue weighted by Gasteiger charge is 2.43. The summed E-state index contributed by atoms with van der Waals surface area (Å²) >= 11 is 0. The van der Waals surface area contributed by atoms with Crippen LogP contribution in [0.2, 0.25) is 0 Å². The first-order chi connectivity index (χ1) is 8.15. The SMILES string of the molecule is CC(C)C1(C(=O)Nc2cccnn2)CCNC1. The molecule has 2 heterocycles. The minimum absolute atomic E-state index is 0.0398.